The van der Waals surface area contributed by atoms with Crippen molar-refractivity contribution >= 4 is 11.4 Å². The minimum atomic E-state index is -0.464. The fourth-order valence-electron chi connectivity index (χ4n) is 3.96. The SMILES string of the molecule is N#Cc1ccc([N+](=O)[O-])c(NC[C@@H]2CCC3(CCOCC3)[C@H]2O)c1. The van der Waals surface area contributed by atoms with Gasteiger partial charge < -0.3 is 15.2 Å². The highest BCUT2D eigenvalue weighted by atomic mass is 16.6. The van der Waals surface area contributed by atoms with Crippen LogP contribution in [0.4, 0.5) is 11.4 Å². The minimum absolute atomic E-state index is 0.0495. The van der Waals surface area contributed by atoms with Crippen LogP contribution in [-0.2, 0) is 4.74 Å². The lowest BCUT2D eigenvalue weighted by atomic mass is 9.76. The van der Waals surface area contributed by atoms with Gasteiger partial charge in [-0.15, -0.1) is 0 Å². The van der Waals surface area contributed by atoms with Crippen LogP contribution < -0.4 is 5.32 Å². The molecule has 2 fully saturated rings. The number of anilines is 1. The summed E-state index contributed by atoms with van der Waals surface area (Å²) in [6, 6.07) is 6.26. The second kappa shape index (κ2) is 6.75. The van der Waals surface area contributed by atoms with Crippen molar-refractivity contribution in [1.82, 2.24) is 0 Å². The highest BCUT2D eigenvalue weighted by Gasteiger charge is 2.48. The average molecular weight is 331 g/mol. The van der Waals surface area contributed by atoms with E-state index in [1.807, 2.05) is 6.07 Å². The van der Waals surface area contributed by atoms with E-state index < -0.39 is 11.0 Å². The Morgan fingerprint density at radius 3 is 2.83 bits per heavy atom. The van der Waals surface area contributed by atoms with Crippen LogP contribution >= 0.6 is 0 Å². The summed E-state index contributed by atoms with van der Waals surface area (Å²) in [5.41, 5.74) is 0.586. The van der Waals surface area contributed by atoms with Crippen molar-refractivity contribution in [2.75, 3.05) is 25.1 Å². The van der Waals surface area contributed by atoms with Crippen LogP contribution in [0.2, 0.25) is 0 Å². The zero-order valence-corrected chi connectivity index (χ0v) is 13.4. The van der Waals surface area contributed by atoms with E-state index in [1.165, 1.54) is 18.2 Å². The molecule has 7 nitrogen and oxygen atoms in total. The summed E-state index contributed by atoms with van der Waals surface area (Å²) in [6.07, 6.45) is 3.17. The van der Waals surface area contributed by atoms with Gasteiger partial charge in [0, 0.05) is 37.2 Å². The number of nitro benzene ring substituents is 1. The molecule has 1 spiro atoms. The molecule has 0 amide bonds. The molecule has 1 aromatic carbocycles. The molecule has 1 saturated heterocycles. The second-order valence-corrected chi connectivity index (χ2v) is 6.70. The lowest BCUT2D eigenvalue weighted by Crippen LogP contribution is -2.40. The normalized spacial score (nSPS) is 25.3. The van der Waals surface area contributed by atoms with Gasteiger partial charge in [-0.3, -0.25) is 10.1 Å². The average Bonchev–Trinajstić information content (AvgIpc) is 2.89. The molecule has 0 aromatic heterocycles. The largest absolute Gasteiger partial charge is 0.392 e. The molecule has 2 aliphatic rings. The monoisotopic (exact) mass is 331 g/mol. The van der Waals surface area contributed by atoms with Gasteiger partial charge in [-0.05, 0) is 37.8 Å². The maximum absolute atomic E-state index is 11.1. The molecule has 1 saturated carbocycles. The van der Waals surface area contributed by atoms with Crippen molar-refractivity contribution in [3.8, 4) is 6.07 Å². The van der Waals surface area contributed by atoms with E-state index in [2.05, 4.69) is 5.32 Å². The van der Waals surface area contributed by atoms with Gasteiger partial charge in [0.1, 0.15) is 5.69 Å². The van der Waals surface area contributed by atoms with Crippen LogP contribution in [0.1, 0.15) is 31.2 Å². The molecule has 0 unspecified atom stereocenters. The van der Waals surface area contributed by atoms with Crippen LogP contribution in [0.5, 0.6) is 0 Å². The van der Waals surface area contributed by atoms with Gasteiger partial charge in [0.2, 0.25) is 0 Å². The Hall–Kier alpha value is -2.17. The fourth-order valence-corrected chi connectivity index (χ4v) is 3.96. The number of nitrogens with zero attached hydrogens (tertiary/aromatic N) is 2. The molecule has 1 aliphatic heterocycles. The first-order valence-corrected chi connectivity index (χ1v) is 8.24. The maximum Gasteiger partial charge on any atom is 0.292 e. The first kappa shape index (κ1) is 16.7. The predicted molar refractivity (Wildman–Crippen MR) is 87.5 cm³/mol. The highest BCUT2D eigenvalue weighted by molar-refractivity contribution is 5.64. The summed E-state index contributed by atoms with van der Waals surface area (Å²) in [6.45, 7) is 1.83. The Kier molecular flexibility index (Phi) is 4.69. The molecule has 3 rings (SSSR count). The van der Waals surface area contributed by atoms with E-state index in [-0.39, 0.29) is 17.0 Å². The number of aliphatic hydroxyl groups excluding tert-OH is 1. The third-order valence-corrected chi connectivity index (χ3v) is 5.45. The molecule has 1 aliphatic carbocycles. The number of hydrogen-bond acceptors (Lipinski definition) is 6. The molecule has 128 valence electrons. The fraction of sp³-hybridized carbons (Fsp3) is 0.588. The molecule has 1 heterocycles. The highest BCUT2D eigenvalue weighted by Crippen LogP contribution is 2.48. The molecule has 2 N–H and O–H groups in total. The van der Waals surface area contributed by atoms with E-state index in [4.69, 9.17) is 10.00 Å². The number of nitriles is 1. The smallest absolute Gasteiger partial charge is 0.292 e. The molecule has 0 bridgehead atoms. The Labute approximate surface area is 140 Å². The summed E-state index contributed by atoms with van der Waals surface area (Å²) >= 11 is 0. The van der Waals surface area contributed by atoms with Crippen molar-refractivity contribution in [2.45, 2.75) is 31.8 Å². The van der Waals surface area contributed by atoms with E-state index in [0.717, 1.165) is 25.7 Å². The van der Waals surface area contributed by atoms with Gasteiger partial charge in [-0.2, -0.15) is 5.26 Å². The van der Waals surface area contributed by atoms with Crippen molar-refractivity contribution in [1.29, 1.82) is 5.26 Å². The van der Waals surface area contributed by atoms with Gasteiger partial charge >= 0.3 is 0 Å². The summed E-state index contributed by atoms with van der Waals surface area (Å²) in [5.74, 6) is 0.0495. The molecule has 7 heteroatoms. The molecular formula is C17H21N3O4. The van der Waals surface area contributed by atoms with Crippen molar-refractivity contribution in [3.05, 3.63) is 33.9 Å². The third-order valence-electron chi connectivity index (χ3n) is 5.45. The van der Waals surface area contributed by atoms with Crippen molar-refractivity contribution in [3.63, 3.8) is 0 Å². The summed E-state index contributed by atoms with van der Waals surface area (Å²) in [5, 5.41) is 33.9. The summed E-state index contributed by atoms with van der Waals surface area (Å²) < 4.78 is 5.40. The number of ether oxygens (including phenoxy) is 1. The predicted octanol–water partition coefficient (Wildman–Crippen LogP) is 2.45. The molecule has 0 radical (unpaired) electrons. The lowest BCUT2D eigenvalue weighted by molar-refractivity contribution is -0.384. The standard InChI is InChI=1S/C17H21N3O4/c18-10-12-1-2-15(20(22)23)14(9-12)19-11-13-3-4-17(16(13)21)5-7-24-8-6-17/h1-2,9,13,16,19,21H,3-8,11H2/t13-,16-/m0/s1. The second-order valence-electron chi connectivity index (χ2n) is 6.70. The number of aliphatic hydroxyl groups is 1. The first-order valence-electron chi connectivity index (χ1n) is 8.24. The summed E-state index contributed by atoms with van der Waals surface area (Å²) in [7, 11) is 0. The molecular weight excluding hydrogens is 310 g/mol. The van der Waals surface area contributed by atoms with E-state index in [1.54, 1.807) is 0 Å². The number of hydrogen-bond donors (Lipinski definition) is 2. The van der Waals surface area contributed by atoms with E-state index >= 15 is 0 Å². The van der Waals surface area contributed by atoms with Crippen LogP contribution in [0, 0.1) is 32.8 Å². The molecule has 1 aromatic rings. The van der Waals surface area contributed by atoms with E-state index in [0.29, 0.717) is 31.0 Å². The van der Waals surface area contributed by atoms with Crippen LogP contribution in [-0.4, -0.2) is 35.9 Å². The first-order chi connectivity index (χ1) is 11.6. The van der Waals surface area contributed by atoms with Gasteiger partial charge in [-0.1, -0.05) is 0 Å². The van der Waals surface area contributed by atoms with Gasteiger partial charge in [0.25, 0.3) is 5.69 Å². The van der Waals surface area contributed by atoms with Gasteiger partial charge in [0.05, 0.1) is 22.7 Å². The maximum atomic E-state index is 11.1. The quantitative estimate of drug-likeness (QED) is 0.648. The van der Waals surface area contributed by atoms with Gasteiger partial charge in [0.15, 0.2) is 0 Å². The van der Waals surface area contributed by atoms with Crippen molar-refractivity contribution < 1.29 is 14.8 Å². The number of nitrogens with one attached hydrogen (secondary N) is 1. The van der Waals surface area contributed by atoms with Crippen LogP contribution in [0.3, 0.4) is 0 Å². The Morgan fingerprint density at radius 2 is 2.17 bits per heavy atom. The Morgan fingerprint density at radius 1 is 1.42 bits per heavy atom. The van der Waals surface area contributed by atoms with Crippen molar-refractivity contribution in [2.24, 2.45) is 11.3 Å². The zero-order chi connectivity index (χ0) is 17.2. The minimum Gasteiger partial charge on any atom is -0.392 e. The third kappa shape index (κ3) is 3.07. The number of nitro groups is 1. The van der Waals surface area contributed by atoms with E-state index in [9.17, 15) is 15.2 Å². The van der Waals surface area contributed by atoms with Crippen LogP contribution in [0.15, 0.2) is 18.2 Å². The Balaban J connectivity index is 1.70. The van der Waals surface area contributed by atoms with Gasteiger partial charge in [-0.25, -0.2) is 0 Å². The Bertz CT molecular complexity index is 664. The van der Waals surface area contributed by atoms with Crippen LogP contribution in [0.25, 0.3) is 0 Å². The number of rotatable bonds is 4. The summed E-state index contributed by atoms with van der Waals surface area (Å²) in [4.78, 5) is 10.7. The molecule has 2 atom stereocenters. The lowest BCUT2D eigenvalue weighted by Gasteiger charge is -2.37. The molecule has 24 heavy (non-hydrogen) atoms. The topological polar surface area (TPSA) is 108 Å². The zero-order valence-electron chi connectivity index (χ0n) is 13.4. The number of benzene rings is 1.